The molecule has 22 heavy (non-hydrogen) atoms. The van der Waals surface area contributed by atoms with Crippen molar-refractivity contribution < 1.29 is 0 Å². The van der Waals surface area contributed by atoms with E-state index in [0.717, 1.165) is 6.42 Å². The van der Waals surface area contributed by atoms with Crippen molar-refractivity contribution in [3.8, 4) is 0 Å². The van der Waals surface area contributed by atoms with Crippen LogP contribution < -0.4 is 0 Å². The van der Waals surface area contributed by atoms with E-state index in [1.165, 1.54) is 28.7 Å². The van der Waals surface area contributed by atoms with E-state index in [-0.39, 0.29) is 0 Å². The molecular formula is C22H26. The molecule has 0 spiro atoms. The minimum Gasteiger partial charge on any atom is -0.0807 e. The van der Waals surface area contributed by atoms with Crippen LogP contribution in [-0.4, -0.2) is 0 Å². The molecule has 1 unspecified atom stereocenters. The van der Waals surface area contributed by atoms with Crippen molar-refractivity contribution in [1.29, 1.82) is 0 Å². The third-order valence-electron chi connectivity index (χ3n) is 4.21. The van der Waals surface area contributed by atoms with Crippen molar-refractivity contribution in [2.75, 3.05) is 0 Å². The Morgan fingerprint density at radius 1 is 1.00 bits per heavy atom. The third-order valence-corrected chi connectivity index (χ3v) is 4.21. The van der Waals surface area contributed by atoms with Crippen LogP contribution in [-0.2, 0) is 0 Å². The van der Waals surface area contributed by atoms with Crippen LogP contribution in [0.3, 0.4) is 0 Å². The molecule has 0 radical (unpaired) electrons. The van der Waals surface area contributed by atoms with Crippen LogP contribution in [0.1, 0.15) is 43.7 Å². The van der Waals surface area contributed by atoms with Crippen molar-refractivity contribution in [2.24, 2.45) is 0 Å². The van der Waals surface area contributed by atoms with Gasteiger partial charge in [0.15, 0.2) is 0 Å². The Balaban J connectivity index is 0.000000160. The molecule has 0 aliphatic heterocycles. The van der Waals surface area contributed by atoms with Crippen molar-refractivity contribution >= 4 is 0 Å². The van der Waals surface area contributed by atoms with E-state index in [9.17, 15) is 0 Å². The molecule has 1 atom stereocenters. The molecular weight excluding hydrogens is 264 g/mol. The highest BCUT2D eigenvalue weighted by Gasteiger charge is 2.03. The maximum atomic E-state index is 2.28. The molecule has 3 rings (SSSR count). The molecule has 114 valence electrons. The van der Waals surface area contributed by atoms with Crippen molar-refractivity contribution in [3.63, 3.8) is 0 Å². The van der Waals surface area contributed by atoms with Gasteiger partial charge < -0.3 is 0 Å². The van der Waals surface area contributed by atoms with E-state index in [4.69, 9.17) is 0 Å². The van der Waals surface area contributed by atoms with Gasteiger partial charge in [0.1, 0.15) is 0 Å². The zero-order valence-electron chi connectivity index (χ0n) is 13.9. The lowest BCUT2D eigenvalue weighted by atomic mass is 9.95. The predicted molar refractivity (Wildman–Crippen MR) is 98.1 cm³/mol. The van der Waals surface area contributed by atoms with Crippen LogP contribution in [0.4, 0.5) is 0 Å². The molecule has 1 aromatic carbocycles. The SMILES string of the molecule is C1=CCC=C(C2=CC=C2)C=C1.CCC(C)c1ccccc1C. The van der Waals surface area contributed by atoms with E-state index in [0.29, 0.717) is 5.92 Å². The molecule has 0 bridgehead atoms. The first kappa shape index (κ1) is 16.3. The van der Waals surface area contributed by atoms with Gasteiger partial charge in [0.05, 0.1) is 0 Å². The lowest BCUT2D eigenvalue weighted by Gasteiger charge is -2.11. The number of allylic oxidation sites excluding steroid dienone is 10. The summed E-state index contributed by atoms with van der Waals surface area (Å²) in [6.45, 7) is 6.70. The molecule has 2 aliphatic carbocycles. The minimum absolute atomic E-state index is 0.705. The summed E-state index contributed by atoms with van der Waals surface area (Å²) in [6.07, 6.45) is 19.4. The second-order valence-electron chi connectivity index (χ2n) is 5.83. The predicted octanol–water partition coefficient (Wildman–Crippen LogP) is 6.43. The molecule has 0 heterocycles. The van der Waals surface area contributed by atoms with Gasteiger partial charge in [-0.3, -0.25) is 0 Å². The summed E-state index contributed by atoms with van der Waals surface area (Å²) in [5.41, 5.74) is 5.61. The van der Waals surface area contributed by atoms with Crippen LogP contribution in [0.2, 0.25) is 0 Å². The van der Waals surface area contributed by atoms with E-state index in [2.05, 4.69) is 93.6 Å². The second kappa shape index (κ2) is 8.38. The summed E-state index contributed by atoms with van der Waals surface area (Å²) in [6, 6.07) is 8.63. The monoisotopic (exact) mass is 290 g/mol. The minimum atomic E-state index is 0.705. The Labute approximate surface area is 135 Å². The molecule has 1 aromatic rings. The molecule has 0 fully saturated rings. The zero-order chi connectivity index (χ0) is 15.8. The van der Waals surface area contributed by atoms with E-state index in [1.54, 1.807) is 0 Å². The van der Waals surface area contributed by atoms with Gasteiger partial charge in [-0.25, -0.2) is 0 Å². The molecule has 0 N–H and O–H groups in total. The van der Waals surface area contributed by atoms with Gasteiger partial charge in [-0.05, 0) is 48.0 Å². The molecule has 0 amide bonds. The maximum Gasteiger partial charge on any atom is -0.0157 e. The first-order valence-corrected chi connectivity index (χ1v) is 8.20. The Hall–Kier alpha value is -2.08. The summed E-state index contributed by atoms with van der Waals surface area (Å²) in [7, 11) is 0. The summed E-state index contributed by atoms with van der Waals surface area (Å²) in [4.78, 5) is 0. The number of aryl methyl sites for hydroxylation is 1. The smallest absolute Gasteiger partial charge is 0.0157 e. The Bertz CT molecular complexity index is 636. The van der Waals surface area contributed by atoms with Gasteiger partial charge in [-0.15, -0.1) is 0 Å². The van der Waals surface area contributed by atoms with Crippen molar-refractivity contribution in [3.05, 3.63) is 95.1 Å². The molecule has 0 saturated heterocycles. The van der Waals surface area contributed by atoms with E-state index < -0.39 is 0 Å². The number of hydrogen-bond acceptors (Lipinski definition) is 0. The van der Waals surface area contributed by atoms with Gasteiger partial charge in [0, 0.05) is 0 Å². The fourth-order valence-electron chi connectivity index (χ4n) is 2.54. The quantitative estimate of drug-likeness (QED) is 0.601. The Morgan fingerprint density at radius 2 is 1.73 bits per heavy atom. The van der Waals surface area contributed by atoms with Gasteiger partial charge in [-0.1, -0.05) is 86.7 Å². The lowest BCUT2D eigenvalue weighted by Crippen LogP contribution is -1.93. The molecule has 0 nitrogen and oxygen atoms in total. The number of hydrogen-bond donors (Lipinski definition) is 0. The van der Waals surface area contributed by atoms with Crippen molar-refractivity contribution in [2.45, 2.75) is 39.5 Å². The number of rotatable bonds is 3. The first-order valence-electron chi connectivity index (χ1n) is 8.20. The largest absolute Gasteiger partial charge is 0.0807 e. The van der Waals surface area contributed by atoms with Gasteiger partial charge in [0.25, 0.3) is 0 Å². The highest BCUT2D eigenvalue weighted by atomic mass is 14.1. The topological polar surface area (TPSA) is 0 Å². The van der Waals surface area contributed by atoms with Gasteiger partial charge >= 0.3 is 0 Å². The van der Waals surface area contributed by atoms with Crippen LogP contribution in [0.15, 0.2) is 84.0 Å². The van der Waals surface area contributed by atoms with Crippen LogP contribution in [0.5, 0.6) is 0 Å². The van der Waals surface area contributed by atoms with Gasteiger partial charge in [0.2, 0.25) is 0 Å². The highest BCUT2D eigenvalue weighted by molar-refractivity contribution is 5.54. The fraction of sp³-hybridized carbons (Fsp3) is 0.273. The summed E-state index contributed by atoms with van der Waals surface area (Å²) < 4.78 is 0. The number of benzene rings is 1. The lowest BCUT2D eigenvalue weighted by molar-refractivity contribution is 0.728. The Kier molecular flexibility index (Phi) is 6.21. The maximum absolute atomic E-state index is 2.28. The normalized spacial score (nSPS) is 16.7. The molecule has 0 saturated carbocycles. The fourth-order valence-corrected chi connectivity index (χ4v) is 2.54. The van der Waals surface area contributed by atoms with E-state index in [1.807, 2.05) is 0 Å². The third kappa shape index (κ3) is 4.46. The van der Waals surface area contributed by atoms with E-state index >= 15 is 0 Å². The van der Waals surface area contributed by atoms with Crippen LogP contribution >= 0.6 is 0 Å². The Morgan fingerprint density at radius 3 is 2.36 bits per heavy atom. The van der Waals surface area contributed by atoms with Gasteiger partial charge in [-0.2, -0.15) is 0 Å². The average Bonchev–Trinajstić information content (AvgIpc) is 2.75. The highest BCUT2D eigenvalue weighted by Crippen LogP contribution is 2.22. The second-order valence-corrected chi connectivity index (χ2v) is 5.83. The standard InChI is InChI=1S/C11H10.C11H16/c1-2-4-7-10(6-3-1)11-8-5-9-11;1-4-9(2)11-8-6-5-7-10(11)3/h1-3,5-9H,4H2;5-9H,4H2,1-3H3. The average molecular weight is 290 g/mol. The molecule has 2 aliphatic rings. The van der Waals surface area contributed by atoms with Crippen molar-refractivity contribution in [1.82, 2.24) is 0 Å². The zero-order valence-corrected chi connectivity index (χ0v) is 13.9. The van der Waals surface area contributed by atoms with Crippen LogP contribution in [0, 0.1) is 6.92 Å². The van der Waals surface area contributed by atoms with Crippen LogP contribution in [0.25, 0.3) is 0 Å². The first-order chi connectivity index (χ1) is 10.7. The summed E-state index contributed by atoms with van der Waals surface area (Å²) >= 11 is 0. The molecule has 0 heteroatoms. The molecule has 0 aromatic heterocycles. The summed E-state index contributed by atoms with van der Waals surface area (Å²) in [5, 5.41) is 0. The summed E-state index contributed by atoms with van der Waals surface area (Å²) in [5.74, 6) is 0.705.